The van der Waals surface area contributed by atoms with E-state index in [9.17, 15) is 13.5 Å². The Hall–Kier alpha value is -0.130. The van der Waals surface area contributed by atoms with E-state index in [1.165, 1.54) is 4.31 Å². The van der Waals surface area contributed by atoms with E-state index in [1.54, 1.807) is 0 Å². The molecule has 0 amide bonds. The standard InChI is InChI=1S/C11H21NO3S/c1-10-7-12(16(14,15)8-10)9-11(13)5-3-2-4-6-11/h10,13H,2-9H2,1H3. The number of hydrogen-bond donors (Lipinski definition) is 1. The second-order valence-electron chi connectivity index (χ2n) is 5.46. The topological polar surface area (TPSA) is 57.6 Å². The summed E-state index contributed by atoms with van der Waals surface area (Å²) in [6.07, 6.45) is 4.67. The van der Waals surface area contributed by atoms with Crippen LogP contribution in [0.3, 0.4) is 0 Å². The Labute approximate surface area is 97.7 Å². The fraction of sp³-hybridized carbons (Fsp3) is 1.00. The van der Waals surface area contributed by atoms with Gasteiger partial charge in [-0.15, -0.1) is 0 Å². The van der Waals surface area contributed by atoms with Gasteiger partial charge in [0, 0.05) is 13.1 Å². The lowest BCUT2D eigenvalue weighted by atomic mass is 9.85. The number of hydrogen-bond acceptors (Lipinski definition) is 3. The Kier molecular flexibility index (Phi) is 3.29. The van der Waals surface area contributed by atoms with Gasteiger partial charge in [-0.05, 0) is 18.8 Å². The van der Waals surface area contributed by atoms with Gasteiger partial charge < -0.3 is 5.11 Å². The molecule has 4 nitrogen and oxygen atoms in total. The van der Waals surface area contributed by atoms with Crippen molar-refractivity contribution in [2.75, 3.05) is 18.8 Å². The summed E-state index contributed by atoms with van der Waals surface area (Å²) in [5, 5.41) is 10.3. The minimum Gasteiger partial charge on any atom is -0.389 e. The second-order valence-corrected chi connectivity index (χ2v) is 7.47. The Morgan fingerprint density at radius 3 is 2.44 bits per heavy atom. The molecule has 1 aliphatic heterocycles. The molecule has 0 aromatic carbocycles. The molecular weight excluding hydrogens is 226 g/mol. The van der Waals surface area contributed by atoms with Crippen molar-refractivity contribution >= 4 is 10.0 Å². The van der Waals surface area contributed by atoms with Crippen molar-refractivity contribution in [2.45, 2.75) is 44.6 Å². The molecule has 2 rings (SSSR count). The zero-order valence-electron chi connectivity index (χ0n) is 9.85. The molecule has 1 N–H and O–H groups in total. The van der Waals surface area contributed by atoms with Crippen molar-refractivity contribution in [3.63, 3.8) is 0 Å². The maximum atomic E-state index is 11.8. The lowest BCUT2D eigenvalue weighted by Crippen LogP contribution is -2.45. The van der Waals surface area contributed by atoms with E-state index in [1.807, 2.05) is 6.92 Å². The number of nitrogens with zero attached hydrogens (tertiary/aromatic N) is 1. The SMILES string of the molecule is CC1CN(CC2(O)CCCCC2)S(=O)(=O)C1. The van der Waals surface area contributed by atoms with Crippen LogP contribution in [0.5, 0.6) is 0 Å². The highest BCUT2D eigenvalue weighted by atomic mass is 32.2. The van der Waals surface area contributed by atoms with E-state index < -0.39 is 15.6 Å². The average Bonchev–Trinajstić information content (AvgIpc) is 2.39. The summed E-state index contributed by atoms with van der Waals surface area (Å²) in [5.74, 6) is 0.431. The lowest BCUT2D eigenvalue weighted by molar-refractivity contribution is -0.0100. The van der Waals surface area contributed by atoms with Crippen LogP contribution in [0.25, 0.3) is 0 Å². The summed E-state index contributed by atoms with van der Waals surface area (Å²) in [5.41, 5.74) is -0.768. The van der Waals surface area contributed by atoms with Crippen LogP contribution in [-0.2, 0) is 10.0 Å². The fourth-order valence-electron chi connectivity index (χ4n) is 2.84. The summed E-state index contributed by atoms with van der Waals surface area (Å²) < 4.78 is 25.1. The highest BCUT2D eigenvalue weighted by molar-refractivity contribution is 7.89. The molecule has 2 aliphatic rings. The van der Waals surface area contributed by atoms with Crippen LogP contribution in [0.1, 0.15) is 39.0 Å². The van der Waals surface area contributed by atoms with Gasteiger partial charge >= 0.3 is 0 Å². The minimum absolute atomic E-state index is 0.192. The molecule has 94 valence electrons. The largest absolute Gasteiger partial charge is 0.389 e. The van der Waals surface area contributed by atoms with E-state index in [4.69, 9.17) is 0 Å². The third kappa shape index (κ3) is 2.57. The van der Waals surface area contributed by atoms with Crippen molar-refractivity contribution in [1.29, 1.82) is 0 Å². The molecule has 0 aromatic heterocycles. The zero-order chi connectivity index (χ0) is 11.8. The second kappa shape index (κ2) is 4.27. The first kappa shape index (κ1) is 12.3. The molecule has 1 atom stereocenters. The van der Waals surface area contributed by atoms with Gasteiger partial charge in [0.2, 0.25) is 10.0 Å². The van der Waals surface area contributed by atoms with Crippen LogP contribution in [0.2, 0.25) is 0 Å². The molecule has 2 fully saturated rings. The van der Waals surface area contributed by atoms with Crippen LogP contribution in [0.15, 0.2) is 0 Å². The number of β-amino-alcohol motifs (C(OH)–C–C–N with tert-alkyl or cyclic N) is 1. The summed E-state index contributed by atoms with van der Waals surface area (Å²) in [6, 6.07) is 0. The summed E-state index contributed by atoms with van der Waals surface area (Å²) >= 11 is 0. The number of aliphatic hydroxyl groups is 1. The lowest BCUT2D eigenvalue weighted by Gasteiger charge is -2.34. The quantitative estimate of drug-likeness (QED) is 0.791. The monoisotopic (exact) mass is 247 g/mol. The normalized spacial score (nSPS) is 34.0. The molecule has 16 heavy (non-hydrogen) atoms. The Morgan fingerprint density at radius 2 is 1.94 bits per heavy atom. The van der Waals surface area contributed by atoms with Crippen molar-refractivity contribution in [3.8, 4) is 0 Å². The van der Waals surface area contributed by atoms with Crippen molar-refractivity contribution in [3.05, 3.63) is 0 Å². The van der Waals surface area contributed by atoms with Crippen LogP contribution in [-0.4, -0.2) is 42.3 Å². The maximum absolute atomic E-state index is 11.8. The molecule has 0 spiro atoms. The smallest absolute Gasteiger partial charge is 0.214 e. The van der Waals surface area contributed by atoms with Crippen LogP contribution >= 0.6 is 0 Å². The van der Waals surface area contributed by atoms with E-state index in [0.717, 1.165) is 32.1 Å². The van der Waals surface area contributed by atoms with E-state index >= 15 is 0 Å². The van der Waals surface area contributed by atoms with Gasteiger partial charge in [-0.1, -0.05) is 26.2 Å². The van der Waals surface area contributed by atoms with Gasteiger partial charge in [0.1, 0.15) is 0 Å². The summed E-state index contributed by atoms with van der Waals surface area (Å²) in [7, 11) is -3.10. The van der Waals surface area contributed by atoms with Gasteiger partial charge in [-0.3, -0.25) is 0 Å². The predicted molar refractivity (Wildman–Crippen MR) is 62.6 cm³/mol. The first-order valence-corrected chi connectivity index (χ1v) is 7.72. The fourth-order valence-corrected chi connectivity index (χ4v) is 4.79. The van der Waals surface area contributed by atoms with Gasteiger partial charge in [-0.2, -0.15) is 4.31 Å². The third-order valence-corrected chi connectivity index (χ3v) is 5.71. The average molecular weight is 247 g/mol. The van der Waals surface area contributed by atoms with Gasteiger partial charge in [0.05, 0.1) is 11.4 Å². The van der Waals surface area contributed by atoms with E-state index in [2.05, 4.69) is 0 Å². The molecule has 5 heteroatoms. The summed E-state index contributed by atoms with van der Waals surface area (Å²) in [4.78, 5) is 0. The molecule has 1 saturated heterocycles. The minimum atomic E-state index is -3.10. The number of sulfonamides is 1. The molecule has 0 bridgehead atoms. The molecule has 0 aromatic rings. The highest BCUT2D eigenvalue weighted by Crippen LogP contribution is 2.31. The molecular formula is C11H21NO3S. The number of rotatable bonds is 2. The maximum Gasteiger partial charge on any atom is 0.214 e. The Bertz CT molecular complexity index is 346. The van der Waals surface area contributed by atoms with Crippen molar-refractivity contribution < 1.29 is 13.5 Å². The Balaban J connectivity index is 2.04. The molecule has 1 aliphatic carbocycles. The van der Waals surface area contributed by atoms with E-state index in [0.29, 0.717) is 13.1 Å². The first-order chi connectivity index (χ1) is 7.41. The van der Waals surface area contributed by atoms with Gasteiger partial charge in [-0.25, -0.2) is 8.42 Å². The molecule has 1 saturated carbocycles. The van der Waals surface area contributed by atoms with Gasteiger partial charge in [0.25, 0.3) is 0 Å². The van der Waals surface area contributed by atoms with E-state index in [-0.39, 0.29) is 11.7 Å². The molecule has 1 unspecified atom stereocenters. The summed E-state index contributed by atoms with van der Waals surface area (Å²) in [6.45, 7) is 2.83. The zero-order valence-corrected chi connectivity index (χ0v) is 10.7. The highest BCUT2D eigenvalue weighted by Gasteiger charge is 2.40. The first-order valence-electron chi connectivity index (χ1n) is 6.12. The Morgan fingerprint density at radius 1 is 1.31 bits per heavy atom. The van der Waals surface area contributed by atoms with Crippen LogP contribution in [0, 0.1) is 5.92 Å². The molecule has 0 radical (unpaired) electrons. The van der Waals surface area contributed by atoms with Gasteiger partial charge in [0.15, 0.2) is 0 Å². The van der Waals surface area contributed by atoms with Crippen molar-refractivity contribution in [1.82, 2.24) is 4.31 Å². The third-order valence-electron chi connectivity index (χ3n) is 3.66. The van der Waals surface area contributed by atoms with Crippen LogP contribution < -0.4 is 0 Å². The predicted octanol–water partition coefficient (Wildman–Crippen LogP) is 0.963. The van der Waals surface area contributed by atoms with Crippen molar-refractivity contribution in [2.24, 2.45) is 5.92 Å². The molecule has 1 heterocycles. The van der Waals surface area contributed by atoms with Crippen LogP contribution in [0.4, 0.5) is 0 Å².